The van der Waals surface area contributed by atoms with Gasteiger partial charge < -0.3 is 9.84 Å². The smallest absolute Gasteiger partial charge is 0.266 e. The molecule has 1 saturated heterocycles. The number of aromatic hydroxyl groups is 1. The van der Waals surface area contributed by atoms with Crippen molar-refractivity contribution >= 4 is 56.2 Å². The minimum Gasteiger partial charge on any atom is -0.503 e. The number of halogens is 1. The molecule has 1 aliphatic heterocycles. The van der Waals surface area contributed by atoms with E-state index in [1.54, 1.807) is 23.1 Å². The third-order valence-corrected chi connectivity index (χ3v) is 5.89. The lowest BCUT2D eigenvalue weighted by Crippen LogP contribution is -2.30. The van der Waals surface area contributed by atoms with E-state index in [-0.39, 0.29) is 11.7 Å². The van der Waals surface area contributed by atoms with Crippen LogP contribution in [-0.2, 0) is 11.2 Å². The SMILES string of the molecule is COc1cc(C=C2SC(=S)N(CCc3ccccc3)C2=O)cc(Br)c1O. The molecule has 0 aliphatic carbocycles. The molecule has 2 aromatic carbocycles. The van der Waals surface area contributed by atoms with Crippen LogP contribution in [0.1, 0.15) is 11.1 Å². The normalized spacial score (nSPS) is 15.8. The van der Waals surface area contributed by atoms with Gasteiger partial charge in [0, 0.05) is 6.54 Å². The first-order valence-corrected chi connectivity index (χ1v) is 9.87. The van der Waals surface area contributed by atoms with Crippen LogP contribution in [0.2, 0.25) is 0 Å². The van der Waals surface area contributed by atoms with Gasteiger partial charge in [0.25, 0.3) is 5.91 Å². The number of nitrogens with zero attached hydrogens (tertiary/aromatic N) is 1. The molecule has 1 fully saturated rings. The molecule has 2 aromatic rings. The number of thiocarbonyl (C=S) groups is 1. The van der Waals surface area contributed by atoms with Crippen molar-refractivity contribution < 1.29 is 14.6 Å². The number of benzene rings is 2. The molecule has 1 aliphatic rings. The number of phenols is 1. The number of carbonyl (C=O) groups is 1. The quantitative estimate of drug-likeness (QED) is 0.533. The molecule has 1 N–H and O–H groups in total. The lowest BCUT2D eigenvalue weighted by atomic mass is 10.1. The van der Waals surface area contributed by atoms with Gasteiger partial charge in [-0.2, -0.15) is 0 Å². The molecule has 1 heterocycles. The van der Waals surface area contributed by atoms with Crippen LogP contribution in [0, 0.1) is 0 Å². The number of hydrogen-bond donors (Lipinski definition) is 1. The molecule has 0 saturated carbocycles. The van der Waals surface area contributed by atoms with E-state index in [0.29, 0.717) is 26.0 Å². The molecule has 0 radical (unpaired) electrons. The van der Waals surface area contributed by atoms with E-state index in [1.807, 2.05) is 30.3 Å². The minimum absolute atomic E-state index is 0.0278. The Balaban J connectivity index is 1.78. The highest BCUT2D eigenvalue weighted by atomic mass is 79.9. The van der Waals surface area contributed by atoms with Gasteiger partial charge in [-0.3, -0.25) is 9.69 Å². The Morgan fingerprint density at radius 3 is 2.73 bits per heavy atom. The van der Waals surface area contributed by atoms with E-state index in [4.69, 9.17) is 17.0 Å². The van der Waals surface area contributed by atoms with Crippen molar-refractivity contribution in [2.24, 2.45) is 0 Å². The maximum absolute atomic E-state index is 12.7. The van der Waals surface area contributed by atoms with Crippen LogP contribution < -0.4 is 4.74 Å². The number of rotatable bonds is 5. The molecule has 0 spiro atoms. The van der Waals surface area contributed by atoms with Gasteiger partial charge in [0.05, 0.1) is 16.5 Å². The fraction of sp³-hybridized carbons (Fsp3) is 0.158. The fourth-order valence-corrected chi connectivity index (χ4v) is 4.33. The monoisotopic (exact) mass is 449 g/mol. The summed E-state index contributed by atoms with van der Waals surface area (Å²) in [4.78, 5) is 14.9. The van der Waals surface area contributed by atoms with Crippen LogP contribution in [-0.4, -0.2) is 33.9 Å². The largest absolute Gasteiger partial charge is 0.503 e. The zero-order valence-electron chi connectivity index (χ0n) is 13.9. The van der Waals surface area contributed by atoms with Gasteiger partial charge in [0.2, 0.25) is 0 Å². The Morgan fingerprint density at radius 1 is 1.31 bits per heavy atom. The zero-order chi connectivity index (χ0) is 18.7. The van der Waals surface area contributed by atoms with Gasteiger partial charge in [0.1, 0.15) is 4.32 Å². The van der Waals surface area contributed by atoms with Crippen LogP contribution in [0.5, 0.6) is 11.5 Å². The number of carbonyl (C=O) groups excluding carboxylic acids is 1. The van der Waals surface area contributed by atoms with Gasteiger partial charge >= 0.3 is 0 Å². The third kappa shape index (κ3) is 4.11. The molecule has 3 rings (SSSR count). The van der Waals surface area contributed by atoms with E-state index in [9.17, 15) is 9.90 Å². The van der Waals surface area contributed by atoms with Crippen molar-refractivity contribution in [2.75, 3.05) is 13.7 Å². The maximum Gasteiger partial charge on any atom is 0.266 e. The Bertz CT molecular complexity index is 884. The number of thioether (sulfide) groups is 1. The van der Waals surface area contributed by atoms with Crippen molar-refractivity contribution in [2.45, 2.75) is 6.42 Å². The molecule has 0 atom stereocenters. The van der Waals surface area contributed by atoms with Gasteiger partial charge in [-0.25, -0.2) is 0 Å². The number of phenolic OH excluding ortho intramolecular Hbond substituents is 1. The molecule has 4 nitrogen and oxygen atoms in total. The number of ether oxygens (including phenoxy) is 1. The van der Waals surface area contributed by atoms with Gasteiger partial charge in [0.15, 0.2) is 11.5 Å². The van der Waals surface area contributed by atoms with Crippen LogP contribution in [0.3, 0.4) is 0 Å². The van der Waals surface area contributed by atoms with Crippen LogP contribution in [0.25, 0.3) is 6.08 Å². The fourth-order valence-electron chi connectivity index (χ4n) is 2.56. The molecule has 7 heteroatoms. The first-order valence-electron chi connectivity index (χ1n) is 7.85. The summed E-state index contributed by atoms with van der Waals surface area (Å²) in [5.41, 5.74) is 1.91. The second-order valence-electron chi connectivity index (χ2n) is 5.62. The van der Waals surface area contributed by atoms with Crippen molar-refractivity contribution in [3.05, 3.63) is 63.0 Å². The zero-order valence-corrected chi connectivity index (χ0v) is 17.2. The first-order chi connectivity index (χ1) is 12.5. The third-order valence-electron chi connectivity index (χ3n) is 3.91. The first kappa shape index (κ1) is 18.9. The van der Waals surface area contributed by atoms with Gasteiger partial charge in [-0.15, -0.1) is 0 Å². The lowest BCUT2D eigenvalue weighted by Gasteiger charge is -2.14. The summed E-state index contributed by atoms with van der Waals surface area (Å²) in [6.45, 7) is 0.550. The number of methoxy groups -OCH3 is 1. The second-order valence-corrected chi connectivity index (χ2v) is 8.15. The molecular formula is C19H16BrNO3S2. The summed E-state index contributed by atoms with van der Waals surface area (Å²) in [6, 6.07) is 13.4. The summed E-state index contributed by atoms with van der Waals surface area (Å²) < 4.78 is 6.21. The summed E-state index contributed by atoms with van der Waals surface area (Å²) in [7, 11) is 1.48. The lowest BCUT2D eigenvalue weighted by molar-refractivity contribution is -0.122. The van der Waals surface area contributed by atoms with Crippen molar-refractivity contribution in [1.29, 1.82) is 0 Å². The highest BCUT2D eigenvalue weighted by Gasteiger charge is 2.31. The average Bonchev–Trinajstić information content (AvgIpc) is 2.90. The van der Waals surface area contributed by atoms with Gasteiger partial charge in [-0.1, -0.05) is 54.3 Å². The highest BCUT2D eigenvalue weighted by Crippen LogP contribution is 2.38. The summed E-state index contributed by atoms with van der Waals surface area (Å²) in [6.07, 6.45) is 2.51. The second kappa shape index (κ2) is 8.24. The Labute approximate surface area is 170 Å². The van der Waals surface area contributed by atoms with Crippen molar-refractivity contribution in [3.63, 3.8) is 0 Å². The highest BCUT2D eigenvalue weighted by molar-refractivity contribution is 9.10. The van der Waals surface area contributed by atoms with Crippen LogP contribution in [0.15, 0.2) is 51.8 Å². The molecule has 1 amide bonds. The predicted molar refractivity (Wildman–Crippen MR) is 112 cm³/mol. The Hall–Kier alpha value is -1.83. The van der Waals surface area contributed by atoms with E-state index in [2.05, 4.69) is 15.9 Å². The Morgan fingerprint density at radius 2 is 2.04 bits per heavy atom. The summed E-state index contributed by atoms with van der Waals surface area (Å²) in [5.74, 6) is 0.268. The molecule has 134 valence electrons. The average molecular weight is 450 g/mol. The molecule has 26 heavy (non-hydrogen) atoms. The van der Waals surface area contributed by atoms with E-state index in [0.717, 1.165) is 17.5 Å². The predicted octanol–water partition coefficient (Wildman–Crippen LogP) is 4.61. The number of hydrogen-bond acceptors (Lipinski definition) is 5. The Kier molecular flexibility index (Phi) is 6.01. The molecule has 0 unspecified atom stereocenters. The molecule has 0 bridgehead atoms. The van der Waals surface area contributed by atoms with Crippen LogP contribution in [0.4, 0.5) is 0 Å². The van der Waals surface area contributed by atoms with E-state index < -0.39 is 0 Å². The van der Waals surface area contributed by atoms with Crippen molar-refractivity contribution in [3.8, 4) is 11.5 Å². The molecular weight excluding hydrogens is 434 g/mol. The standard InChI is InChI=1S/C19H16BrNO3S2/c1-24-15-10-13(9-14(20)17(15)22)11-16-18(23)21(19(25)26-16)8-7-12-5-3-2-4-6-12/h2-6,9-11,22H,7-8H2,1H3. The summed E-state index contributed by atoms with van der Waals surface area (Å²) in [5, 5.41) is 9.90. The molecule has 0 aromatic heterocycles. The van der Waals surface area contributed by atoms with Crippen molar-refractivity contribution in [1.82, 2.24) is 4.90 Å². The topological polar surface area (TPSA) is 49.8 Å². The summed E-state index contributed by atoms with van der Waals surface area (Å²) >= 11 is 9.95. The van der Waals surface area contributed by atoms with Gasteiger partial charge in [-0.05, 0) is 51.7 Å². The van der Waals surface area contributed by atoms with E-state index >= 15 is 0 Å². The maximum atomic E-state index is 12.7. The number of amides is 1. The van der Waals surface area contributed by atoms with Crippen LogP contribution >= 0.6 is 39.9 Å². The minimum atomic E-state index is -0.0981. The van der Waals surface area contributed by atoms with E-state index in [1.165, 1.54) is 18.9 Å².